The standard InChI is InChI=1S/C19H35N5OS.HI/c1-19(2,15-23(4)5)14-22-18(20-3)21-13-16(17-7-6-12-26-17)24-8-10-25-11-9-24;/h6-7,12,16H,8-11,13-15H2,1-5H3,(H2,20,21,22);1H. The second-order valence-electron chi connectivity index (χ2n) is 7.89. The van der Waals surface area contributed by atoms with E-state index in [1.807, 2.05) is 18.4 Å². The van der Waals surface area contributed by atoms with Crippen molar-refractivity contribution in [3.05, 3.63) is 22.4 Å². The Hall–Kier alpha value is -0.420. The van der Waals surface area contributed by atoms with E-state index in [9.17, 15) is 0 Å². The van der Waals surface area contributed by atoms with Crippen LogP contribution < -0.4 is 10.6 Å². The lowest BCUT2D eigenvalue weighted by Gasteiger charge is -2.34. The van der Waals surface area contributed by atoms with Crippen molar-refractivity contribution in [1.82, 2.24) is 20.4 Å². The van der Waals surface area contributed by atoms with Crippen LogP contribution in [0.2, 0.25) is 0 Å². The number of halogens is 1. The lowest BCUT2D eigenvalue weighted by atomic mass is 9.93. The molecule has 1 unspecified atom stereocenters. The Labute approximate surface area is 185 Å². The Morgan fingerprint density at radius 3 is 2.59 bits per heavy atom. The van der Waals surface area contributed by atoms with E-state index >= 15 is 0 Å². The Morgan fingerprint density at radius 2 is 2.04 bits per heavy atom. The van der Waals surface area contributed by atoms with Crippen molar-refractivity contribution in [1.29, 1.82) is 0 Å². The molecule has 0 bridgehead atoms. The van der Waals surface area contributed by atoms with Crippen molar-refractivity contribution in [2.45, 2.75) is 19.9 Å². The van der Waals surface area contributed by atoms with Gasteiger partial charge in [0.25, 0.3) is 0 Å². The zero-order chi connectivity index (χ0) is 19.0. The molecule has 1 saturated heterocycles. The van der Waals surface area contributed by atoms with Crippen LogP contribution in [0.5, 0.6) is 0 Å². The summed E-state index contributed by atoms with van der Waals surface area (Å²) >= 11 is 1.82. The molecule has 1 fully saturated rings. The molecular weight excluding hydrogens is 473 g/mol. The number of hydrogen-bond acceptors (Lipinski definition) is 5. The highest BCUT2D eigenvalue weighted by atomic mass is 127. The Bertz CT molecular complexity index is 544. The summed E-state index contributed by atoms with van der Waals surface area (Å²) in [5.41, 5.74) is 0.179. The largest absolute Gasteiger partial charge is 0.379 e. The van der Waals surface area contributed by atoms with E-state index in [2.05, 4.69) is 70.9 Å². The molecule has 1 aromatic heterocycles. The number of thiophene rings is 1. The van der Waals surface area contributed by atoms with E-state index in [1.54, 1.807) is 0 Å². The quantitative estimate of drug-likeness (QED) is 0.321. The normalized spacial score (nSPS) is 17.5. The molecule has 0 radical (unpaired) electrons. The Balaban J connectivity index is 0.00000364. The first-order valence-electron chi connectivity index (χ1n) is 9.36. The molecule has 156 valence electrons. The fourth-order valence-electron chi connectivity index (χ4n) is 3.43. The second kappa shape index (κ2) is 12.2. The first-order valence-corrected chi connectivity index (χ1v) is 10.2. The summed E-state index contributed by atoms with van der Waals surface area (Å²) in [4.78, 5) is 10.5. The molecule has 0 aliphatic carbocycles. The van der Waals surface area contributed by atoms with E-state index in [-0.39, 0.29) is 29.4 Å². The van der Waals surface area contributed by atoms with Gasteiger partial charge in [0.15, 0.2) is 5.96 Å². The second-order valence-corrected chi connectivity index (χ2v) is 8.87. The summed E-state index contributed by atoms with van der Waals surface area (Å²) in [5.74, 6) is 0.867. The van der Waals surface area contributed by atoms with Crippen LogP contribution in [0.4, 0.5) is 0 Å². The molecule has 2 N–H and O–H groups in total. The van der Waals surface area contributed by atoms with Crippen LogP contribution in [0.15, 0.2) is 22.5 Å². The molecule has 0 amide bonds. The van der Waals surface area contributed by atoms with Gasteiger partial charge in [-0.05, 0) is 31.0 Å². The summed E-state index contributed by atoms with van der Waals surface area (Å²) in [5, 5.41) is 9.17. The number of rotatable bonds is 8. The van der Waals surface area contributed by atoms with Crippen LogP contribution in [-0.4, -0.2) is 82.8 Å². The van der Waals surface area contributed by atoms with Crippen LogP contribution in [0, 0.1) is 5.41 Å². The lowest BCUT2D eigenvalue weighted by Crippen LogP contribution is -2.48. The van der Waals surface area contributed by atoms with Crippen molar-refractivity contribution in [3.63, 3.8) is 0 Å². The van der Waals surface area contributed by atoms with Crippen molar-refractivity contribution in [2.24, 2.45) is 10.4 Å². The van der Waals surface area contributed by atoms with Gasteiger partial charge in [0.05, 0.1) is 19.3 Å². The monoisotopic (exact) mass is 509 g/mol. The zero-order valence-corrected chi connectivity index (χ0v) is 20.5. The molecule has 1 aromatic rings. The highest BCUT2D eigenvalue weighted by Gasteiger charge is 2.24. The first kappa shape index (κ1) is 24.6. The van der Waals surface area contributed by atoms with Crippen LogP contribution in [0.3, 0.4) is 0 Å². The fourth-order valence-corrected chi connectivity index (χ4v) is 4.29. The number of nitrogens with one attached hydrogen (secondary N) is 2. The molecule has 1 atom stereocenters. The maximum Gasteiger partial charge on any atom is 0.191 e. The molecule has 1 aliphatic rings. The van der Waals surface area contributed by atoms with E-state index in [1.165, 1.54) is 4.88 Å². The van der Waals surface area contributed by atoms with Gasteiger partial charge in [-0.3, -0.25) is 9.89 Å². The smallest absolute Gasteiger partial charge is 0.191 e. The predicted molar refractivity (Wildman–Crippen MR) is 127 cm³/mol. The maximum absolute atomic E-state index is 5.52. The molecule has 2 rings (SSSR count). The third kappa shape index (κ3) is 8.64. The van der Waals surface area contributed by atoms with E-state index in [0.717, 1.165) is 51.9 Å². The number of nitrogens with zero attached hydrogens (tertiary/aromatic N) is 3. The lowest BCUT2D eigenvalue weighted by molar-refractivity contribution is 0.0177. The summed E-state index contributed by atoms with van der Waals surface area (Å²) in [6.07, 6.45) is 0. The molecule has 6 nitrogen and oxygen atoms in total. The SMILES string of the molecule is CN=C(NCC(c1cccs1)N1CCOCC1)NCC(C)(C)CN(C)C.I. The first-order chi connectivity index (χ1) is 12.4. The predicted octanol–water partition coefficient (Wildman–Crippen LogP) is 2.49. The third-order valence-corrected chi connectivity index (χ3v) is 5.50. The summed E-state index contributed by atoms with van der Waals surface area (Å²) < 4.78 is 5.52. The van der Waals surface area contributed by atoms with Gasteiger partial charge in [-0.15, -0.1) is 35.3 Å². The molecule has 0 aromatic carbocycles. The van der Waals surface area contributed by atoms with Crippen molar-refractivity contribution < 1.29 is 4.74 Å². The Kier molecular flexibility index (Phi) is 11.1. The molecule has 0 saturated carbocycles. The molecule has 27 heavy (non-hydrogen) atoms. The minimum Gasteiger partial charge on any atom is -0.379 e. The van der Waals surface area contributed by atoms with Gasteiger partial charge < -0.3 is 20.3 Å². The van der Waals surface area contributed by atoms with Gasteiger partial charge in [-0.2, -0.15) is 0 Å². The number of morpholine rings is 1. The fraction of sp³-hybridized carbons (Fsp3) is 0.737. The molecule has 8 heteroatoms. The van der Waals surface area contributed by atoms with Crippen LogP contribution in [0.25, 0.3) is 0 Å². The molecule has 0 spiro atoms. The average molecular weight is 510 g/mol. The van der Waals surface area contributed by atoms with Crippen LogP contribution in [-0.2, 0) is 4.74 Å². The van der Waals surface area contributed by atoms with Gasteiger partial charge >= 0.3 is 0 Å². The maximum atomic E-state index is 5.52. The number of aliphatic imine (C=N–C) groups is 1. The van der Waals surface area contributed by atoms with Crippen molar-refractivity contribution >= 4 is 41.3 Å². The number of ether oxygens (including phenoxy) is 1. The van der Waals surface area contributed by atoms with E-state index in [4.69, 9.17) is 4.74 Å². The third-order valence-electron chi connectivity index (χ3n) is 4.52. The molecule has 2 heterocycles. The van der Waals surface area contributed by atoms with Crippen LogP contribution >= 0.6 is 35.3 Å². The van der Waals surface area contributed by atoms with E-state index in [0.29, 0.717) is 6.04 Å². The number of guanidine groups is 1. The van der Waals surface area contributed by atoms with Crippen molar-refractivity contribution in [2.75, 3.05) is 67.1 Å². The Morgan fingerprint density at radius 1 is 1.33 bits per heavy atom. The minimum atomic E-state index is 0. The highest BCUT2D eigenvalue weighted by Crippen LogP contribution is 2.25. The van der Waals surface area contributed by atoms with Gasteiger partial charge in [0.2, 0.25) is 0 Å². The summed E-state index contributed by atoms with van der Waals surface area (Å²) in [6, 6.07) is 4.71. The molecule has 1 aliphatic heterocycles. The highest BCUT2D eigenvalue weighted by molar-refractivity contribution is 14.0. The molecular formula is C19H36IN5OS. The van der Waals surface area contributed by atoms with E-state index < -0.39 is 0 Å². The van der Waals surface area contributed by atoms with Gasteiger partial charge in [0.1, 0.15) is 0 Å². The van der Waals surface area contributed by atoms with Crippen LogP contribution in [0.1, 0.15) is 24.8 Å². The van der Waals surface area contributed by atoms with Gasteiger partial charge in [-0.25, -0.2) is 0 Å². The summed E-state index contributed by atoms with van der Waals surface area (Å²) in [6.45, 7) is 10.9. The average Bonchev–Trinajstić information content (AvgIpc) is 3.12. The van der Waals surface area contributed by atoms with Gasteiger partial charge in [-0.1, -0.05) is 19.9 Å². The zero-order valence-electron chi connectivity index (χ0n) is 17.3. The minimum absolute atomic E-state index is 0. The number of hydrogen-bond donors (Lipinski definition) is 2. The summed E-state index contributed by atoms with van der Waals surface area (Å²) in [7, 11) is 6.06. The van der Waals surface area contributed by atoms with Crippen molar-refractivity contribution in [3.8, 4) is 0 Å². The topological polar surface area (TPSA) is 52.1 Å². The van der Waals surface area contributed by atoms with Gasteiger partial charge in [0, 0.05) is 44.6 Å².